The Morgan fingerprint density at radius 2 is 1.82 bits per heavy atom. The Morgan fingerprint density at radius 1 is 1.14 bits per heavy atom. The van der Waals surface area contributed by atoms with Crippen LogP contribution in [0.15, 0.2) is 30.3 Å². The maximum absolute atomic E-state index is 13.2. The Morgan fingerprint density at radius 3 is 2.50 bits per heavy atom. The minimum Gasteiger partial charge on any atom is -0.373 e. The van der Waals surface area contributed by atoms with Crippen LogP contribution in [0.4, 0.5) is 10.5 Å². The quantitative estimate of drug-likeness (QED) is 0.777. The number of carbonyl (C=O) groups excluding carboxylic acids is 1. The van der Waals surface area contributed by atoms with Gasteiger partial charge in [-0.15, -0.1) is 0 Å². The fourth-order valence-corrected chi connectivity index (χ4v) is 5.87. The summed E-state index contributed by atoms with van der Waals surface area (Å²) in [6.07, 6.45) is 2.27. The smallest absolute Gasteiger partial charge is 0.319 e. The van der Waals surface area contributed by atoms with Crippen LogP contribution in [0, 0.1) is 0 Å². The van der Waals surface area contributed by atoms with Gasteiger partial charge in [0.05, 0.1) is 12.2 Å². The summed E-state index contributed by atoms with van der Waals surface area (Å²) in [5.41, 5.74) is 0.699. The monoisotopic (exact) mass is 410 g/mol. The maximum Gasteiger partial charge on any atom is 0.319 e. The minimum absolute atomic E-state index is 0.128. The largest absolute Gasteiger partial charge is 0.373 e. The second kappa shape index (κ2) is 9.21. The van der Waals surface area contributed by atoms with E-state index < -0.39 is 10.2 Å². The summed E-state index contributed by atoms with van der Waals surface area (Å²) >= 11 is 0. The molecule has 0 aliphatic carbocycles. The molecule has 2 aliphatic heterocycles. The minimum atomic E-state index is -3.59. The van der Waals surface area contributed by atoms with Gasteiger partial charge in [0.25, 0.3) is 10.2 Å². The highest BCUT2D eigenvalue weighted by atomic mass is 32.2. The Bertz CT molecular complexity index is 748. The van der Waals surface area contributed by atoms with Gasteiger partial charge in [-0.05, 0) is 38.8 Å². The maximum atomic E-state index is 13.2. The van der Waals surface area contributed by atoms with Crippen molar-refractivity contribution in [2.75, 3.05) is 31.5 Å². The second-order valence-corrected chi connectivity index (χ2v) is 9.42. The molecule has 28 heavy (non-hydrogen) atoms. The van der Waals surface area contributed by atoms with E-state index in [1.807, 2.05) is 32.0 Å². The third-order valence-corrected chi connectivity index (χ3v) is 7.14. The van der Waals surface area contributed by atoms with Gasteiger partial charge in [0.2, 0.25) is 0 Å². The normalized spacial score (nSPS) is 27.3. The number of piperidine rings is 1. The summed E-state index contributed by atoms with van der Waals surface area (Å²) in [6.45, 7) is 5.26. The summed E-state index contributed by atoms with van der Waals surface area (Å²) in [6, 6.07) is 8.60. The van der Waals surface area contributed by atoms with Gasteiger partial charge in [0, 0.05) is 37.9 Å². The van der Waals surface area contributed by atoms with Gasteiger partial charge in [0.15, 0.2) is 0 Å². The highest BCUT2D eigenvalue weighted by Crippen LogP contribution is 2.25. The van der Waals surface area contributed by atoms with Crippen LogP contribution < -0.4 is 10.6 Å². The molecule has 1 aromatic rings. The van der Waals surface area contributed by atoms with Gasteiger partial charge < -0.3 is 15.4 Å². The van der Waals surface area contributed by atoms with Gasteiger partial charge in [0.1, 0.15) is 0 Å². The molecule has 0 aromatic heterocycles. The average Bonchev–Trinajstić information content (AvgIpc) is 2.66. The number of para-hydroxylation sites is 1. The van der Waals surface area contributed by atoms with Crippen molar-refractivity contribution in [1.82, 2.24) is 13.9 Å². The first-order valence-electron chi connectivity index (χ1n) is 9.88. The number of ether oxygens (including phenoxy) is 1. The zero-order chi connectivity index (χ0) is 20.1. The zero-order valence-corrected chi connectivity index (χ0v) is 17.3. The van der Waals surface area contributed by atoms with E-state index in [2.05, 4.69) is 10.6 Å². The molecule has 0 bridgehead atoms. The van der Waals surface area contributed by atoms with Crippen molar-refractivity contribution in [2.45, 2.75) is 51.4 Å². The molecule has 2 aliphatic rings. The topological polar surface area (TPSA) is 91.0 Å². The van der Waals surface area contributed by atoms with Crippen molar-refractivity contribution in [1.29, 1.82) is 0 Å². The van der Waals surface area contributed by atoms with E-state index in [4.69, 9.17) is 4.74 Å². The van der Waals surface area contributed by atoms with E-state index in [0.717, 1.165) is 19.3 Å². The number of morpholine rings is 1. The van der Waals surface area contributed by atoms with E-state index in [1.165, 1.54) is 4.31 Å². The summed E-state index contributed by atoms with van der Waals surface area (Å²) < 4.78 is 35.2. The van der Waals surface area contributed by atoms with Crippen molar-refractivity contribution in [3.63, 3.8) is 0 Å². The molecule has 3 rings (SSSR count). The number of nitrogens with zero attached hydrogens (tertiary/aromatic N) is 2. The van der Waals surface area contributed by atoms with Crippen LogP contribution in [0.25, 0.3) is 0 Å². The van der Waals surface area contributed by atoms with Crippen LogP contribution in [0.2, 0.25) is 0 Å². The Kier molecular flexibility index (Phi) is 6.92. The Hall–Kier alpha value is -1.68. The lowest BCUT2D eigenvalue weighted by molar-refractivity contribution is -0.0459. The van der Waals surface area contributed by atoms with Crippen molar-refractivity contribution in [2.24, 2.45) is 0 Å². The zero-order valence-electron chi connectivity index (χ0n) is 16.5. The molecule has 2 amide bonds. The number of nitrogens with one attached hydrogen (secondary N) is 2. The molecule has 1 aromatic carbocycles. The van der Waals surface area contributed by atoms with E-state index in [-0.39, 0.29) is 30.8 Å². The molecule has 2 N–H and O–H groups in total. The number of hydrogen-bond acceptors (Lipinski definition) is 4. The number of hydrogen-bond donors (Lipinski definition) is 2. The predicted octanol–water partition coefficient (Wildman–Crippen LogP) is 2.02. The van der Waals surface area contributed by atoms with Gasteiger partial charge >= 0.3 is 6.03 Å². The highest BCUT2D eigenvalue weighted by Gasteiger charge is 2.39. The summed E-state index contributed by atoms with van der Waals surface area (Å²) in [5.74, 6) is 0. The van der Waals surface area contributed by atoms with Crippen LogP contribution in [-0.4, -0.2) is 67.5 Å². The standard InChI is InChI=1S/C19H30N4O4S/c1-15-13-22(14-16(2)27-15)28(25,26)23-11-7-6-10-18(23)12-20-19(24)21-17-8-4-3-5-9-17/h3-5,8-9,15-16,18H,6-7,10-14H2,1-2H3,(H2,20,21,24). The molecule has 0 spiro atoms. The molecule has 2 saturated heterocycles. The van der Waals surface area contributed by atoms with Crippen LogP contribution in [0.5, 0.6) is 0 Å². The van der Waals surface area contributed by atoms with Crippen LogP contribution in [-0.2, 0) is 14.9 Å². The molecule has 2 heterocycles. The third-order valence-electron chi connectivity index (χ3n) is 5.11. The van der Waals surface area contributed by atoms with Gasteiger partial charge in [-0.25, -0.2) is 4.79 Å². The Labute approximate surface area is 167 Å². The number of anilines is 1. The van der Waals surface area contributed by atoms with Crippen molar-refractivity contribution in [3.8, 4) is 0 Å². The lowest BCUT2D eigenvalue weighted by Crippen LogP contribution is -2.58. The molecule has 0 saturated carbocycles. The summed E-state index contributed by atoms with van der Waals surface area (Å²) in [5, 5.41) is 5.59. The first-order chi connectivity index (χ1) is 13.4. The van der Waals surface area contributed by atoms with E-state index in [1.54, 1.807) is 16.4 Å². The summed E-state index contributed by atoms with van der Waals surface area (Å²) in [7, 11) is -3.59. The van der Waals surface area contributed by atoms with E-state index >= 15 is 0 Å². The molecule has 8 nitrogen and oxygen atoms in total. The van der Waals surface area contributed by atoms with Crippen molar-refractivity contribution in [3.05, 3.63) is 30.3 Å². The molecule has 3 unspecified atom stereocenters. The predicted molar refractivity (Wildman–Crippen MR) is 108 cm³/mol. The first-order valence-corrected chi connectivity index (χ1v) is 11.3. The molecule has 9 heteroatoms. The van der Waals surface area contributed by atoms with Crippen LogP contribution >= 0.6 is 0 Å². The fraction of sp³-hybridized carbons (Fsp3) is 0.632. The number of benzene rings is 1. The van der Waals surface area contributed by atoms with Crippen molar-refractivity contribution < 1.29 is 17.9 Å². The molecule has 0 radical (unpaired) electrons. The van der Waals surface area contributed by atoms with E-state index in [9.17, 15) is 13.2 Å². The van der Waals surface area contributed by atoms with Crippen LogP contribution in [0.3, 0.4) is 0 Å². The number of urea groups is 1. The summed E-state index contributed by atoms with van der Waals surface area (Å²) in [4.78, 5) is 12.2. The second-order valence-electron chi connectivity index (χ2n) is 7.54. The SMILES string of the molecule is CC1CN(S(=O)(=O)N2CCCCC2CNC(=O)Nc2ccccc2)CC(C)O1. The highest BCUT2D eigenvalue weighted by molar-refractivity contribution is 7.86. The number of amides is 2. The lowest BCUT2D eigenvalue weighted by Gasteiger charge is -2.41. The first kappa shape index (κ1) is 21.0. The molecular formula is C19H30N4O4S. The Balaban J connectivity index is 1.62. The molecule has 2 fully saturated rings. The molecular weight excluding hydrogens is 380 g/mol. The average molecular weight is 411 g/mol. The molecule has 3 atom stereocenters. The van der Waals surface area contributed by atoms with Crippen LogP contribution in [0.1, 0.15) is 33.1 Å². The third kappa shape index (κ3) is 5.22. The number of rotatable bonds is 5. The number of carbonyl (C=O) groups is 1. The van der Waals surface area contributed by atoms with Gasteiger partial charge in [-0.2, -0.15) is 17.0 Å². The van der Waals surface area contributed by atoms with Gasteiger partial charge in [-0.1, -0.05) is 24.6 Å². The van der Waals surface area contributed by atoms with Crippen molar-refractivity contribution >= 4 is 21.9 Å². The fourth-order valence-electron chi connectivity index (χ4n) is 3.86. The van der Waals surface area contributed by atoms with Gasteiger partial charge in [-0.3, -0.25) is 0 Å². The lowest BCUT2D eigenvalue weighted by atomic mass is 10.1. The van der Waals surface area contributed by atoms with E-state index in [0.29, 0.717) is 25.3 Å². The molecule has 156 valence electrons.